The first kappa shape index (κ1) is 18.7. The fourth-order valence-electron chi connectivity index (χ4n) is 2.51. The molecule has 9 nitrogen and oxygen atoms in total. The number of aromatic nitrogens is 4. The van der Waals surface area contributed by atoms with Crippen molar-refractivity contribution >= 4 is 15.9 Å². The standard InChI is InChI=1S/C17H18N6O3S/c1-22(2)27(25,26)16-10-6-3-7-13(16)11-18-17(24)14-8-4-5-9-15(14)23-12-19-20-21-23/h3-10,12H,11H2,1-2H3,(H,18,24). The van der Waals surface area contributed by atoms with Crippen molar-refractivity contribution in [2.45, 2.75) is 11.4 Å². The molecule has 1 amide bonds. The molecule has 0 unspecified atom stereocenters. The second-order valence-corrected chi connectivity index (χ2v) is 7.97. The molecular weight excluding hydrogens is 368 g/mol. The Balaban J connectivity index is 1.85. The third kappa shape index (κ3) is 3.86. The number of amides is 1. The third-order valence-corrected chi connectivity index (χ3v) is 5.83. The van der Waals surface area contributed by atoms with E-state index in [-0.39, 0.29) is 17.3 Å². The van der Waals surface area contributed by atoms with Gasteiger partial charge in [0.1, 0.15) is 6.33 Å². The minimum absolute atomic E-state index is 0.0615. The van der Waals surface area contributed by atoms with E-state index in [1.54, 1.807) is 42.5 Å². The summed E-state index contributed by atoms with van der Waals surface area (Å²) in [6.45, 7) is 0.0615. The van der Waals surface area contributed by atoms with Gasteiger partial charge in [-0.25, -0.2) is 12.7 Å². The Morgan fingerprint density at radius 3 is 2.52 bits per heavy atom. The van der Waals surface area contributed by atoms with Gasteiger partial charge in [-0.2, -0.15) is 4.68 Å². The summed E-state index contributed by atoms with van der Waals surface area (Å²) in [7, 11) is -0.682. The maximum atomic E-state index is 12.7. The Hall–Kier alpha value is -3.11. The van der Waals surface area contributed by atoms with E-state index in [0.29, 0.717) is 16.8 Å². The van der Waals surface area contributed by atoms with Gasteiger partial charge < -0.3 is 5.32 Å². The molecule has 0 saturated heterocycles. The van der Waals surface area contributed by atoms with Crippen molar-refractivity contribution in [1.82, 2.24) is 29.8 Å². The molecule has 0 aliphatic rings. The van der Waals surface area contributed by atoms with Crippen LogP contribution in [0.1, 0.15) is 15.9 Å². The SMILES string of the molecule is CN(C)S(=O)(=O)c1ccccc1CNC(=O)c1ccccc1-n1cnnn1. The zero-order chi connectivity index (χ0) is 19.4. The smallest absolute Gasteiger partial charge is 0.253 e. The second kappa shape index (κ2) is 7.64. The minimum atomic E-state index is -3.61. The van der Waals surface area contributed by atoms with Crippen LogP contribution in [-0.4, -0.2) is 52.9 Å². The van der Waals surface area contributed by atoms with Crippen LogP contribution in [0.4, 0.5) is 0 Å². The number of para-hydroxylation sites is 1. The van der Waals surface area contributed by atoms with E-state index in [1.165, 1.54) is 31.2 Å². The highest BCUT2D eigenvalue weighted by Gasteiger charge is 2.21. The van der Waals surface area contributed by atoms with Gasteiger partial charge in [-0.15, -0.1) is 5.10 Å². The summed E-state index contributed by atoms with van der Waals surface area (Å²) in [5.74, 6) is -0.363. The van der Waals surface area contributed by atoms with Gasteiger partial charge in [-0.1, -0.05) is 30.3 Å². The van der Waals surface area contributed by atoms with Gasteiger partial charge in [0.2, 0.25) is 10.0 Å². The fraction of sp³-hybridized carbons (Fsp3) is 0.176. The molecule has 0 aliphatic carbocycles. The molecule has 1 aromatic heterocycles. The highest BCUT2D eigenvalue weighted by atomic mass is 32.2. The molecule has 140 valence electrons. The molecule has 3 aromatic rings. The molecule has 0 saturated carbocycles. The number of nitrogens with one attached hydrogen (secondary N) is 1. The first-order chi connectivity index (χ1) is 12.9. The number of tetrazole rings is 1. The van der Waals surface area contributed by atoms with Crippen LogP contribution in [0.5, 0.6) is 0 Å². The lowest BCUT2D eigenvalue weighted by atomic mass is 10.1. The Labute approximate surface area is 156 Å². The third-order valence-electron chi connectivity index (χ3n) is 3.92. The first-order valence-corrected chi connectivity index (χ1v) is 9.46. The summed E-state index contributed by atoms with van der Waals surface area (Å²) in [5, 5.41) is 13.7. The molecule has 10 heteroatoms. The number of sulfonamides is 1. The van der Waals surface area contributed by atoms with Gasteiger partial charge in [0.15, 0.2) is 0 Å². The van der Waals surface area contributed by atoms with E-state index in [4.69, 9.17) is 0 Å². The molecule has 3 rings (SSSR count). The lowest BCUT2D eigenvalue weighted by Crippen LogP contribution is -2.27. The van der Waals surface area contributed by atoms with Gasteiger partial charge in [-0.05, 0) is 34.2 Å². The van der Waals surface area contributed by atoms with Crippen molar-refractivity contribution in [3.63, 3.8) is 0 Å². The number of hydrogen-bond acceptors (Lipinski definition) is 6. The van der Waals surface area contributed by atoms with Crippen molar-refractivity contribution in [1.29, 1.82) is 0 Å². The van der Waals surface area contributed by atoms with Crippen molar-refractivity contribution in [2.75, 3.05) is 14.1 Å². The van der Waals surface area contributed by atoms with Crippen molar-refractivity contribution in [3.05, 3.63) is 66.0 Å². The highest BCUT2D eigenvalue weighted by Crippen LogP contribution is 2.19. The second-order valence-electron chi connectivity index (χ2n) is 5.85. The maximum Gasteiger partial charge on any atom is 0.253 e. The van der Waals surface area contributed by atoms with Gasteiger partial charge >= 0.3 is 0 Å². The van der Waals surface area contributed by atoms with Gasteiger partial charge in [0.25, 0.3) is 5.91 Å². The summed E-state index contributed by atoms with van der Waals surface area (Å²) < 4.78 is 27.5. The van der Waals surface area contributed by atoms with E-state index in [1.807, 2.05) is 0 Å². The minimum Gasteiger partial charge on any atom is -0.348 e. The zero-order valence-electron chi connectivity index (χ0n) is 14.8. The van der Waals surface area contributed by atoms with Crippen LogP contribution in [0.3, 0.4) is 0 Å². The topological polar surface area (TPSA) is 110 Å². The molecule has 1 N–H and O–H groups in total. The van der Waals surface area contributed by atoms with Crippen molar-refractivity contribution in [2.24, 2.45) is 0 Å². The molecule has 1 heterocycles. The van der Waals surface area contributed by atoms with Crippen LogP contribution in [-0.2, 0) is 16.6 Å². The predicted octanol–water partition coefficient (Wildman–Crippen LogP) is 0.843. The number of nitrogens with zero attached hydrogens (tertiary/aromatic N) is 5. The summed E-state index contributed by atoms with van der Waals surface area (Å²) in [5.41, 5.74) is 1.39. The van der Waals surface area contributed by atoms with Gasteiger partial charge in [0, 0.05) is 20.6 Å². The average molecular weight is 386 g/mol. The summed E-state index contributed by atoms with van der Waals surface area (Å²) >= 11 is 0. The van der Waals surface area contributed by atoms with Crippen molar-refractivity contribution < 1.29 is 13.2 Å². The van der Waals surface area contributed by atoms with E-state index < -0.39 is 10.0 Å². The molecular formula is C17H18N6O3S. The summed E-state index contributed by atoms with van der Waals surface area (Å²) in [4.78, 5) is 12.8. The fourth-order valence-corrected chi connectivity index (χ4v) is 3.62. The van der Waals surface area contributed by atoms with Gasteiger partial charge in [-0.3, -0.25) is 4.79 Å². The number of benzene rings is 2. The van der Waals surface area contributed by atoms with Gasteiger partial charge in [0.05, 0.1) is 16.1 Å². The van der Waals surface area contributed by atoms with E-state index in [0.717, 1.165) is 4.31 Å². The van der Waals surface area contributed by atoms with E-state index in [2.05, 4.69) is 20.8 Å². The lowest BCUT2D eigenvalue weighted by Gasteiger charge is -2.16. The van der Waals surface area contributed by atoms with Crippen LogP contribution < -0.4 is 5.32 Å². The van der Waals surface area contributed by atoms with Crippen LogP contribution in [0.15, 0.2) is 59.8 Å². The number of rotatable bonds is 6. The lowest BCUT2D eigenvalue weighted by molar-refractivity contribution is 0.0950. The molecule has 0 radical (unpaired) electrons. The number of hydrogen-bond donors (Lipinski definition) is 1. The van der Waals surface area contributed by atoms with Crippen LogP contribution in [0, 0.1) is 0 Å². The number of carbonyl (C=O) groups is 1. The Bertz CT molecular complexity index is 1050. The van der Waals surface area contributed by atoms with Crippen LogP contribution in [0.25, 0.3) is 5.69 Å². The quantitative estimate of drug-likeness (QED) is 0.672. The molecule has 0 spiro atoms. The monoisotopic (exact) mass is 386 g/mol. The average Bonchev–Trinajstić information content (AvgIpc) is 3.21. The Morgan fingerprint density at radius 2 is 1.81 bits per heavy atom. The summed E-state index contributed by atoms with van der Waals surface area (Å²) in [6.07, 6.45) is 1.39. The maximum absolute atomic E-state index is 12.7. The van der Waals surface area contributed by atoms with E-state index >= 15 is 0 Å². The molecule has 0 aliphatic heterocycles. The largest absolute Gasteiger partial charge is 0.348 e. The normalized spacial score (nSPS) is 11.5. The van der Waals surface area contributed by atoms with Crippen LogP contribution >= 0.6 is 0 Å². The molecule has 0 bridgehead atoms. The summed E-state index contributed by atoms with van der Waals surface area (Å²) in [6, 6.07) is 13.4. The Morgan fingerprint density at radius 1 is 1.11 bits per heavy atom. The van der Waals surface area contributed by atoms with Crippen LogP contribution in [0.2, 0.25) is 0 Å². The zero-order valence-corrected chi connectivity index (χ0v) is 15.6. The predicted molar refractivity (Wildman–Crippen MR) is 97.6 cm³/mol. The molecule has 0 fully saturated rings. The van der Waals surface area contributed by atoms with E-state index in [9.17, 15) is 13.2 Å². The molecule has 2 aromatic carbocycles. The Kier molecular flexibility index (Phi) is 5.28. The molecule has 27 heavy (non-hydrogen) atoms. The number of carbonyl (C=O) groups excluding carboxylic acids is 1. The first-order valence-electron chi connectivity index (χ1n) is 8.02. The molecule has 0 atom stereocenters. The van der Waals surface area contributed by atoms with Crippen molar-refractivity contribution in [3.8, 4) is 5.69 Å². The highest BCUT2D eigenvalue weighted by molar-refractivity contribution is 7.89.